The summed E-state index contributed by atoms with van der Waals surface area (Å²) in [5.41, 5.74) is 1.24. The van der Waals surface area contributed by atoms with Crippen LogP contribution in [0.3, 0.4) is 0 Å². The maximum Gasteiger partial charge on any atom is 0.171 e. The quantitative estimate of drug-likeness (QED) is 0.717. The minimum atomic E-state index is 0.336. The number of carbonyl (C=O) groups excluding carboxylic acids is 1. The molecule has 0 N–H and O–H groups in total. The van der Waals surface area contributed by atoms with Crippen LogP contribution in [0.2, 0.25) is 0 Å². The zero-order chi connectivity index (χ0) is 11.5. The Labute approximate surface area is 92.9 Å². The highest BCUT2D eigenvalue weighted by Gasteiger charge is 2.04. The molecule has 0 saturated carbocycles. The molecule has 0 unspecified atom stereocenters. The first-order valence-electron chi connectivity index (χ1n) is 5.08. The number of rotatable bonds is 4. The van der Waals surface area contributed by atoms with Crippen LogP contribution in [0.4, 0.5) is 0 Å². The zero-order valence-electron chi connectivity index (χ0n) is 9.24. The number of carbonyl (C=O) groups is 1. The van der Waals surface area contributed by atoms with Gasteiger partial charge in [-0.1, -0.05) is 5.21 Å². The minimum absolute atomic E-state index is 0.336. The summed E-state index contributed by atoms with van der Waals surface area (Å²) in [6, 6.07) is 2.28. The van der Waals surface area contributed by atoms with E-state index in [1.165, 1.54) is 0 Å². The highest BCUT2D eigenvalue weighted by molar-refractivity contribution is 5.70. The third-order valence-corrected chi connectivity index (χ3v) is 2.19. The van der Waals surface area contributed by atoms with Crippen LogP contribution in [0.25, 0.3) is 0 Å². The van der Waals surface area contributed by atoms with Gasteiger partial charge in [0.15, 0.2) is 6.29 Å². The van der Waals surface area contributed by atoms with Gasteiger partial charge >= 0.3 is 0 Å². The maximum absolute atomic E-state index is 10.4. The van der Waals surface area contributed by atoms with Crippen molar-refractivity contribution in [2.45, 2.75) is 26.4 Å². The van der Waals surface area contributed by atoms with Crippen LogP contribution in [0.1, 0.15) is 36.1 Å². The average Bonchev–Trinajstić information content (AvgIpc) is 2.87. The third-order valence-electron chi connectivity index (χ3n) is 2.19. The lowest BCUT2D eigenvalue weighted by molar-refractivity contribution is 0.111. The first kappa shape index (κ1) is 10.5. The normalized spacial score (nSPS) is 10.9. The van der Waals surface area contributed by atoms with Crippen molar-refractivity contribution >= 4 is 6.29 Å². The molecule has 6 nitrogen and oxygen atoms in total. The van der Waals surface area contributed by atoms with E-state index in [0.29, 0.717) is 24.6 Å². The summed E-state index contributed by atoms with van der Waals surface area (Å²) in [5.74, 6) is 0. The molecular formula is C10H13N5O. The Morgan fingerprint density at radius 1 is 1.50 bits per heavy atom. The molecule has 16 heavy (non-hydrogen) atoms. The van der Waals surface area contributed by atoms with Gasteiger partial charge in [-0.2, -0.15) is 5.10 Å². The van der Waals surface area contributed by atoms with Gasteiger partial charge in [0, 0.05) is 12.2 Å². The van der Waals surface area contributed by atoms with Crippen molar-refractivity contribution in [2.75, 3.05) is 0 Å². The second kappa shape index (κ2) is 4.26. The molecular weight excluding hydrogens is 206 g/mol. The Morgan fingerprint density at radius 3 is 2.88 bits per heavy atom. The van der Waals surface area contributed by atoms with Gasteiger partial charge in [0.05, 0.1) is 18.4 Å². The minimum Gasteiger partial charge on any atom is -0.296 e. The number of hydrogen-bond acceptors (Lipinski definition) is 4. The monoisotopic (exact) mass is 219 g/mol. The summed E-state index contributed by atoms with van der Waals surface area (Å²) < 4.78 is 3.48. The zero-order valence-corrected chi connectivity index (χ0v) is 9.24. The molecule has 0 radical (unpaired) electrons. The lowest BCUT2D eigenvalue weighted by Gasteiger charge is -2.03. The van der Waals surface area contributed by atoms with Gasteiger partial charge in [0.1, 0.15) is 5.69 Å². The topological polar surface area (TPSA) is 65.6 Å². The lowest BCUT2D eigenvalue weighted by Crippen LogP contribution is -2.05. The first-order valence-corrected chi connectivity index (χ1v) is 5.08. The van der Waals surface area contributed by atoms with Gasteiger partial charge in [-0.25, -0.2) is 4.68 Å². The van der Waals surface area contributed by atoms with Crippen molar-refractivity contribution in [3.63, 3.8) is 0 Å². The van der Waals surface area contributed by atoms with Gasteiger partial charge in [-0.05, 0) is 19.9 Å². The van der Waals surface area contributed by atoms with Gasteiger partial charge in [-0.15, -0.1) is 5.10 Å². The van der Waals surface area contributed by atoms with Crippen molar-refractivity contribution in [3.8, 4) is 0 Å². The van der Waals surface area contributed by atoms with Crippen LogP contribution in [0.15, 0.2) is 18.5 Å². The number of nitrogens with zero attached hydrogens (tertiary/aromatic N) is 5. The van der Waals surface area contributed by atoms with Crippen molar-refractivity contribution in [2.24, 2.45) is 0 Å². The molecule has 0 aliphatic heterocycles. The summed E-state index contributed by atoms with van der Waals surface area (Å²) in [6.45, 7) is 4.66. The van der Waals surface area contributed by atoms with Gasteiger partial charge in [0.2, 0.25) is 0 Å². The van der Waals surface area contributed by atoms with E-state index in [1.54, 1.807) is 10.9 Å². The van der Waals surface area contributed by atoms with E-state index in [4.69, 9.17) is 0 Å². The van der Waals surface area contributed by atoms with E-state index in [2.05, 4.69) is 29.3 Å². The Hall–Kier alpha value is -1.98. The molecule has 2 heterocycles. The van der Waals surface area contributed by atoms with Gasteiger partial charge in [-0.3, -0.25) is 9.48 Å². The van der Waals surface area contributed by atoms with Crippen molar-refractivity contribution < 1.29 is 4.79 Å². The molecule has 0 spiro atoms. The SMILES string of the molecule is CC(C)n1ccc(Cn2cc(C=O)nn2)n1. The molecule has 0 saturated heterocycles. The second-order valence-electron chi connectivity index (χ2n) is 3.84. The van der Waals surface area contributed by atoms with Crippen LogP contribution in [0, 0.1) is 0 Å². The fourth-order valence-electron chi connectivity index (χ4n) is 1.36. The summed E-state index contributed by atoms with van der Waals surface area (Å²) in [6.07, 6.45) is 4.20. The smallest absolute Gasteiger partial charge is 0.171 e. The van der Waals surface area contributed by atoms with Crippen LogP contribution >= 0.6 is 0 Å². The standard InChI is InChI=1S/C10H13N5O/c1-8(2)15-4-3-9(12-15)5-14-6-10(7-16)11-13-14/h3-4,6-8H,5H2,1-2H3. The van der Waals surface area contributed by atoms with E-state index >= 15 is 0 Å². The van der Waals surface area contributed by atoms with Crippen LogP contribution < -0.4 is 0 Å². The fraction of sp³-hybridized carbons (Fsp3) is 0.400. The van der Waals surface area contributed by atoms with Crippen molar-refractivity contribution in [1.29, 1.82) is 0 Å². The molecule has 2 aromatic rings. The average molecular weight is 219 g/mol. The van der Waals surface area contributed by atoms with E-state index in [1.807, 2.05) is 16.9 Å². The predicted molar refractivity (Wildman–Crippen MR) is 57.1 cm³/mol. The molecule has 0 aromatic carbocycles. The molecule has 0 bridgehead atoms. The highest BCUT2D eigenvalue weighted by atomic mass is 16.1. The molecule has 84 valence electrons. The van der Waals surface area contributed by atoms with Crippen LogP contribution in [-0.4, -0.2) is 31.1 Å². The lowest BCUT2D eigenvalue weighted by atomic mass is 10.4. The Morgan fingerprint density at radius 2 is 2.31 bits per heavy atom. The molecule has 0 aliphatic rings. The largest absolute Gasteiger partial charge is 0.296 e. The Kier molecular flexibility index (Phi) is 2.80. The Bertz CT molecular complexity index is 485. The third kappa shape index (κ3) is 2.16. The van der Waals surface area contributed by atoms with Gasteiger partial charge in [0.25, 0.3) is 0 Å². The van der Waals surface area contributed by atoms with E-state index in [0.717, 1.165) is 5.69 Å². The second-order valence-corrected chi connectivity index (χ2v) is 3.84. The fourth-order valence-corrected chi connectivity index (χ4v) is 1.36. The number of hydrogen-bond donors (Lipinski definition) is 0. The molecule has 2 aromatic heterocycles. The summed E-state index contributed by atoms with van der Waals surface area (Å²) in [4.78, 5) is 10.4. The summed E-state index contributed by atoms with van der Waals surface area (Å²) >= 11 is 0. The first-order chi connectivity index (χ1) is 7.69. The molecule has 2 rings (SSSR count). The molecule has 0 fully saturated rings. The van der Waals surface area contributed by atoms with Crippen LogP contribution in [0.5, 0.6) is 0 Å². The summed E-state index contributed by atoms with van der Waals surface area (Å²) in [7, 11) is 0. The predicted octanol–water partition coefficient (Wildman–Crippen LogP) is 0.916. The molecule has 0 aliphatic carbocycles. The summed E-state index contributed by atoms with van der Waals surface area (Å²) in [5, 5.41) is 11.9. The molecule has 0 atom stereocenters. The van der Waals surface area contributed by atoms with Gasteiger partial charge < -0.3 is 0 Å². The van der Waals surface area contributed by atoms with E-state index < -0.39 is 0 Å². The van der Waals surface area contributed by atoms with E-state index in [-0.39, 0.29) is 0 Å². The van der Waals surface area contributed by atoms with Crippen molar-refractivity contribution in [3.05, 3.63) is 29.8 Å². The highest BCUT2D eigenvalue weighted by Crippen LogP contribution is 2.05. The molecule has 0 amide bonds. The van der Waals surface area contributed by atoms with E-state index in [9.17, 15) is 4.79 Å². The number of aldehydes is 1. The molecule has 6 heteroatoms. The maximum atomic E-state index is 10.4. The Balaban J connectivity index is 2.11. The van der Waals surface area contributed by atoms with Crippen LogP contribution in [-0.2, 0) is 6.54 Å². The number of aromatic nitrogens is 5. The van der Waals surface area contributed by atoms with Crippen molar-refractivity contribution in [1.82, 2.24) is 24.8 Å².